The van der Waals surface area contributed by atoms with Crippen LogP contribution in [-0.2, 0) is 9.59 Å². The topological polar surface area (TPSA) is 86.8 Å². The molecule has 2 saturated heterocycles. The Bertz CT molecular complexity index is 869. The molecule has 0 atom stereocenters. The zero-order chi connectivity index (χ0) is 21.3. The molecule has 1 aromatic rings. The number of carbonyl (C=O) groups is 4. The Kier molecular flexibility index (Phi) is 5.58. The van der Waals surface area contributed by atoms with Gasteiger partial charge in [-0.1, -0.05) is 0 Å². The molecule has 2 aliphatic heterocycles. The average molecular weight is 415 g/mol. The first-order chi connectivity index (χ1) is 14.4. The zero-order valence-corrected chi connectivity index (χ0v) is 16.9. The molecule has 1 saturated carbocycles. The molecule has 160 valence electrons. The Labute approximate surface area is 174 Å². The van der Waals surface area contributed by atoms with E-state index in [1.165, 1.54) is 18.2 Å². The molecule has 1 aliphatic carbocycles. The van der Waals surface area contributed by atoms with Crippen LogP contribution in [-0.4, -0.2) is 48.7 Å². The number of urea groups is 1. The van der Waals surface area contributed by atoms with Crippen LogP contribution in [0.3, 0.4) is 0 Å². The van der Waals surface area contributed by atoms with E-state index in [1.54, 1.807) is 4.90 Å². The molecule has 7 nitrogen and oxygen atoms in total. The summed E-state index contributed by atoms with van der Waals surface area (Å²) in [4.78, 5) is 50.4. The summed E-state index contributed by atoms with van der Waals surface area (Å²) in [5.74, 6) is -1.01. The summed E-state index contributed by atoms with van der Waals surface area (Å²) in [6.07, 6.45) is 6.89. The van der Waals surface area contributed by atoms with Crippen molar-refractivity contribution in [3.63, 3.8) is 0 Å². The Morgan fingerprint density at radius 2 is 1.80 bits per heavy atom. The lowest BCUT2D eigenvalue weighted by molar-refractivity contribution is -0.120. The van der Waals surface area contributed by atoms with Gasteiger partial charge in [0.2, 0.25) is 5.91 Å². The molecule has 0 radical (unpaired) electrons. The van der Waals surface area contributed by atoms with Crippen LogP contribution in [0.2, 0.25) is 0 Å². The Balaban J connectivity index is 1.44. The summed E-state index contributed by atoms with van der Waals surface area (Å²) in [6, 6.07) is 3.35. The lowest BCUT2D eigenvalue weighted by atomic mass is 9.65. The number of hydrogen-bond acceptors (Lipinski definition) is 4. The van der Waals surface area contributed by atoms with Crippen molar-refractivity contribution in [2.45, 2.75) is 44.9 Å². The van der Waals surface area contributed by atoms with Crippen LogP contribution in [0.4, 0.5) is 14.9 Å². The van der Waals surface area contributed by atoms with Crippen molar-refractivity contribution >= 4 is 29.8 Å². The number of piperidine rings is 1. The SMILES string of the molecule is O=CC1CCC2(CC1)CCN(C(=O)c1ccc(F)c(N3CCC(=O)NC3=O)c1)CC2. The Morgan fingerprint density at radius 1 is 1.10 bits per heavy atom. The van der Waals surface area contributed by atoms with Gasteiger partial charge in [-0.3, -0.25) is 19.8 Å². The molecular weight excluding hydrogens is 389 g/mol. The van der Waals surface area contributed by atoms with Crippen molar-refractivity contribution in [2.75, 3.05) is 24.5 Å². The van der Waals surface area contributed by atoms with Gasteiger partial charge in [0.25, 0.3) is 5.91 Å². The second-order valence-electron chi connectivity index (χ2n) is 8.69. The molecule has 0 aromatic heterocycles. The lowest BCUT2D eigenvalue weighted by Crippen LogP contribution is -2.50. The van der Waals surface area contributed by atoms with Gasteiger partial charge >= 0.3 is 6.03 Å². The molecule has 0 bridgehead atoms. The highest BCUT2D eigenvalue weighted by molar-refractivity contribution is 6.06. The van der Waals surface area contributed by atoms with Gasteiger partial charge < -0.3 is 9.69 Å². The number of anilines is 1. The predicted octanol–water partition coefficient (Wildman–Crippen LogP) is 2.88. The van der Waals surface area contributed by atoms with Gasteiger partial charge in [0.05, 0.1) is 5.69 Å². The zero-order valence-electron chi connectivity index (χ0n) is 16.9. The quantitative estimate of drug-likeness (QED) is 0.769. The summed E-state index contributed by atoms with van der Waals surface area (Å²) < 4.78 is 14.4. The van der Waals surface area contributed by atoms with Crippen LogP contribution in [0, 0.1) is 17.2 Å². The van der Waals surface area contributed by atoms with E-state index in [9.17, 15) is 23.6 Å². The van der Waals surface area contributed by atoms with Gasteiger partial charge in [-0.2, -0.15) is 0 Å². The predicted molar refractivity (Wildman–Crippen MR) is 107 cm³/mol. The maximum Gasteiger partial charge on any atom is 0.328 e. The monoisotopic (exact) mass is 415 g/mol. The Hall–Kier alpha value is -2.77. The van der Waals surface area contributed by atoms with Crippen LogP contribution in [0.1, 0.15) is 55.3 Å². The first-order valence-electron chi connectivity index (χ1n) is 10.6. The van der Waals surface area contributed by atoms with Crippen molar-refractivity contribution in [2.24, 2.45) is 11.3 Å². The van der Waals surface area contributed by atoms with Gasteiger partial charge in [0.15, 0.2) is 0 Å². The van der Waals surface area contributed by atoms with Gasteiger partial charge in [0.1, 0.15) is 12.1 Å². The number of benzene rings is 1. The molecule has 4 rings (SSSR count). The number of aldehydes is 1. The van der Waals surface area contributed by atoms with Crippen LogP contribution in [0.15, 0.2) is 18.2 Å². The minimum atomic E-state index is -0.680. The highest BCUT2D eigenvalue weighted by Crippen LogP contribution is 2.46. The third kappa shape index (κ3) is 3.95. The molecule has 1 N–H and O–H groups in total. The summed E-state index contributed by atoms with van der Waals surface area (Å²) in [6.45, 7) is 1.35. The van der Waals surface area contributed by atoms with Gasteiger partial charge in [-0.15, -0.1) is 0 Å². The minimum Gasteiger partial charge on any atom is -0.339 e. The minimum absolute atomic E-state index is 0.00603. The van der Waals surface area contributed by atoms with Crippen molar-refractivity contribution in [3.8, 4) is 0 Å². The maximum atomic E-state index is 14.4. The molecule has 1 aromatic carbocycles. The first kappa shape index (κ1) is 20.5. The number of nitrogens with one attached hydrogen (secondary N) is 1. The number of rotatable bonds is 3. The summed E-state index contributed by atoms with van der Waals surface area (Å²) >= 11 is 0. The number of imide groups is 1. The number of carbonyl (C=O) groups excluding carboxylic acids is 4. The van der Waals surface area contributed by atoms with Crippen LogP contribution in [0.5, 0.6) is 0 Å². The molecule has 3 fully saturated rings. The van der Waals surface area contributed by atoms with E-state index in [1.807, 2.05) is 0 Å². The summed E-state index contributed by atoms with van der Waals surface area (Å²) in [5, 5.41) is 2.17. The number of halogens is 1. The van der Waals surface area contributed by atoms with E-state index in [0.29, 0.717) is 18.7 Å². The van der Waals surface area contributed by atoms with E-state index in [0.717, 1.165) is 49.7 Å². The highest BCUT2D eigenvalue weighted by Gasteiger charge is 2.39. The van der Waals surface area contributed by atoms with Crippen LogP contribution >= 0.6 is 0 Å². The molecule has 1 spiro atoms. The second-order valence-corrected chi connectivity index (χ2v) is 8.69. The molecule has 4 amide bonds. The third-order valence-corrected chi connectivity index (χ3v) is 6.93. The third-order valence-electron chi connectivity index (χ3n) is 6.93. The van der Waals surface area contributed by atoms with Crippen LogP contribution < -0.4 is 10.2 Å². The fraction of sp³-hybridized carbons (Fsp3) is 0.545. The number of nitrogens with zero attached hydrogens (tertiary/aromatic N) is 2. The van der Waals surface area contributed by atoms with Crippen molar-refractivity contribution in [1.82, 2.24) is 10.2 Å². The fourth-order valence-electron chi connectivity index (χ4n) is 4.90. The van der Waals surface area contributed by atoms with Crippen LogP contribution in [0.25, 0.3) is 0 Å². The van der Waals surface area contributed by atoms with Gasteiger partial charge in [0, 0.05) is 37.5 Å². The number of likely N-dealkylation sites (tertiary alicyclic amines) is 1. The molecule has 3 aliphatic rings. The van der Waals surface area contributed by atoms with Crippen molar-refractivity contribution in [1.29, 1.82) is 0 Å². The summed E-state index contributed by atoms with van der Waals surface area (Å²) in [7, 11) is 0. The standard InChI is InChI=1S/C22H26FN3O4/c23-17-2-1-16(13-18(17)26-10-5-19(28)24-21(26)30)20(29)25-11-8-22(9-12-25)6-3-15(14-27)4-7-22/h1-2,13-15H,3-12H2,(H,24,28,30). The van der Waals surface area contributed by atoms with E-state index >= 15 is 0 Å². The molecule has 8 heteroatoms. The largest absolute Gasteiger partial charge is 0.339 e. The van der Waals surface area contributed by atoms with E-state index in [2.05, 4.69) is 5.32 Å². The molecule has 2 heterocycles. The van der Waals surface area contributed by atoms with Crippen molar-refractivity contribution < 1.29 is 23.6 Å². The smallest absolute Gasteiger partial charge is 0.328 e. The summed E-state index contributed by atoms with van der Waals surface area (Å²) in [5.41, 5.74) is 0.561. The number of hydrogen-bond donors (Lipinski definition) is 1. The van der Waals surface area contributed by atoms with Crippen molar-refractivity contribution in [3.05, 3.63) is 29.6 Å². The normalized spacial score (nSPS) is 22.2. The van der Waals surface area contributed by atoms with Gasteiger partial charge in [-0.25, -0.2) is 9.18 Å². The average Bonchev–Trinajstić information content (AvgIpc) is 2.75. The van der Waals surface area contributed by atoms with E-state index < -0.39 is 17.8 Å². The maximum absolute atomic E-state index is 14.4. The van der Waals surface area contributed by atoms with E-state index in [-0.39, 0.29) is 35.9 Å². The van der Waals surface area contributed by atoms with Gasteiger partial charge in [-0.05, 0) is 62.1 Å². The van der Waals surface area contributed by atoms with E-state index in [4.69, 9.17) is 0 Å². The first-order valence-corrected chi connectivity index (χ1v) is 10.6. The molecule has 30 heavy (non-hydrogen) atoms. The Morgan fingerprint density at radius 3 is 2.43 bits per heavy atom. The molecular formula is C22H26FN3O4. The number of amides is 4. The fourth-order valence-corrected chi connectivity index (χ4v) is 4.90. The highest BCUT2D eigenvalue weighted by atomic mass is 19.1. The lowest BCUT2D eigenvalue weighted by Gasteiger charge is -2.45. The second kappa shape index (κ2) is 8.16. The molecule has 0 unspecified atom stereocenters.